The second kappa shape index (κ2) is 9.18. The fourth-order valence-electron chi connectivity index (χ4n) is 2.30. The molecule has 0 aliphatic rings. The van der Waals surface area contributed by atoms with E-state index in [0.717, 1.165) is 6.04 Å². The topological polar surface area (TPSA) is 27.7 Å². The normalized spacial score (nSPS) is 16.2. The third-order valence-corrected chi connectivity index (χ3v) is 7.07. The van der Waals surface area contributed by atoms with Crippen molar-refractivity contribution in [2.75, 3.05) is 0 Å². The Hall–Kier alpha value is 0.0969. The Morgan fingerprint density at radius 3 is 1.25 bits per heavy atom. The van der Waals surface area contributed by atoms with Gasteiger partial charge in [-0.2, -0.15) is 0 Å². The van der Waals surface area contributed by atoms with Crippen LogP contribution in [-0.4, -0.2) is 27.1 Å². The lowest BCUT2D eigenvalue weighted by molar-refractivity contribution is -0.000816. The highest BCUT2D eigenvalue weighted by Gasteiger charge is 2.45. The molecule has 0 rings (SSSR count). The molecule has 0 aromatic heterocycles. The van der Waals surface area contributed by atoms with Crippen molar-refractivity contribution >= 4 is 8.80 Å². The van der Waals surface area contributed by atoms with Gasteiger partial charge >= 0.3 is 8.80 Å². The van der Waals surface area contributed by atoms with Crippen molar-refractivity contribution in [2.24, 2.45) is 11.8 Å². The molecule has 0 heterocycles. The Bertz CT molecular complexity index is 228. The molecule has 0 aromatic carbocycles. The minimum absolute atomic E-state index is 0.128. The summed E-state index contributed by atoms with van der Waals surface area (Å²) in [6.45, 7) is 19.2. The Balaban J connectivity index is 5.13. The largest absolute Gasteiger partial charge is 0.501 e. The molecule has 122 valence electrons. The van der Waals surface area contributed by atoms with E-state index in [1.165, 1.54) is 6.42 Å². The van der Waals surface area contributed by atoms with Crippen LogP contribution in [0.25, 0.3) is 0 Å². The maximum atomic E-state index is 6.22. The van der Waals surface area contributed by atoms with Crippen LogP contribution in [0.2, 0.25) is 6.04 Å². The molecule has 0 saturated carbocycles. The Labute approximate surface area is 127 Å². The molecule has 0 aliphatic heterocycles. The predicted octanol–water partition coefficient (Wildman–Crippen LogP) is 4.88. The zero-order valence-electron chi connectivity index (χ0n) is 15.0. The van der Waals surface area contributed by atoms with E-state index < -0.39 is 8.80 Å². The summed E-state index contributed by atoms with van der Waals surface area (Å²) >= 11 is 0. The Morgan fingerprint density at radius 1 is 0.650 bits per heavy atom. The van der Waals surface area contributed by atoms with E-state index in [1.54, 1.807) is 0 Å². The van der Waals surface area contributed by atoms with Gasteiger partial charge in [-0.05, 0) is 53.4 Å². The summed E-state index contributed by atoms with van der Waals surface area (Å²) in [6, 6.07) is 0.899. The van der Waals surface area contributed by atoms with Crippen LogP contribution in [0.1, 0.15) is 68.7 Å². The molecule has 0 aliphatic carbocycles. The van der Waals surface area contributed by atoms with Gasteiger partial charge in [0.1, 0.15) is 0 Å². The van der Waals surface area contributed by atoms with Gasteiger partial charge in [0.2, 0.25) is 0 Å². The van der Waals surface area contributed by atoms with Gasteiger partial charge in [0, 0.05) is 24.4 Å². The molecule has 0 spiro atoms. The SMILES string of the molecule is CCC(C)C(C)C[Si](OC(C)C)(OC(C)C)OC(C)C. The zero-order valence-corrected chi connectivity index (χ0v) is 16.0. The van der Waals surface area contributed by atoms with E-state index in [0.29, 0.717) is 11.8 Å². The summed E-state index contributed by atoms with van der Waals surface area (Å²) < 4.78 is 18.7. The average Bonchev–Trinajstić information content (AvgIpc) is 2.24. The molecule has 4 heteroatoms. The maximum absolute atomic E-state index is 6.22. The average molecular weight is 305 g/mol. The molecule has 2 unspecified atom stereocenters. The summed E-state index contributed by atoms with van der Waals surface area (Å²) in [4.78, 5) is 0. The van der Waals surface area contributed by atoms with E-state index in [-0.39, 0.29) is 18.3 Å². The van der Waals surface area contributed by atoms with Gasteiger partial charge in [0.25, 0.3) is 0 Å². The van der Waals surface area contributed by atoms with Gasteiger partial charge in [0.15, 0.2) is 0 Å². The molecule has 0 aromatic rings. The van der Waals surface area contributed by atoms with E-state index >= 15 is 0 Å². The lowest BCUT2D eigenvalue weighted by Gasteiger charge is -2.37. The molecular formula is C16H36O3Si. The molecule has 2 atom stereocenters. The highest BCUT2D eigenvalue weighted by molar-refractivity contribution is 6.61. The quantitative estimate of drug-likeness (QED) is 0.538. The maximum Gasteiger partial charge on any atom is 0.501 e. The number of hydrogen-bond acceptors (Lipinski definition) is 3. The van der Waals surface area contributed by atoms with Crippen LogP contribution in [0.3, 0.4) is 0 Å². The second-order valence-electron chi connectivity index (χ2n) is 6.75. The number of rotatable bonds is 10. The summed E-state index contributed by atoms with van der Waals surface area (Å²) in [6.07, 6.45) is 1.56. The van der Waals surface area contributed by atoms with Gasteiger partial charge in [-0.15, -0.1) is 0 Å². The second-order valence-corrected chi connectivity index (χ2v) is 9.23. The molecule has 0 fully saturated rings. The molecule has 20 heavy (non-hydrogen) atoms. The first kappa shape index (κ1) is 20.1. The molecule has 0 bridgehead atoms. The third kappa shape index (κ3) is 7.77. The van der Waals surface area contributed by atoms with E-state index in [4.69, 9.17) is 13.3 Å². The third-order valence-electron chi connectivity index (χ3n) is 3.43. The highest BCUT2D eigenvalue weighted by atomic mass is 28.4. The van der Waals surface area contributed by atoms with Gasteiger partial charge in [0.05, 0.1) is 0 Å². The van der Waals surface area contributed by atoms with Crippen molar-refractivity contribution in [2.45, 2.75) is 93.1 Å². The molecular weight excluding hydrogens is 268 g/mol. The predicted molar refractivity (Wildman–Crippen MR) is 87.8 cm³/mol. The van der Waals surface area contributed by atoms with Crippen LogP contribution in [0, 0.1) is 11.8 Å². The first-order chi connectivity index (χ1) is 9.11. The van der Waals surface area contributed by atoms with E-state index in [2.05, 4.69) is 62.3 Å². The van der Waals surface area contributed by atoms with Crippen molar-refractivity contribution in [3.8, 4) is 0 Å². The monoisotopic (exact) mass is 304 g/mol. The lowest BCUT2D eigenvalue weighted by atomic mass is 9.96. The summed E-state index contributed by atoms with van der Waals surface area (Å²) in [5, 5.41) is 0. The fourth-order valence-corrected chi connectivity index (χ4v) is 6.10. The van der Waals surface area contributed by atoms with Crippen LogP contribution < -0.4 is 0 Å². The lowest BCUT2D eigenvalue weighted by Crippen LogP contribution is -2.52. The van der Waals surface area contributed by atoms with E-state index in [9.17, 15) is 0 Å². The van der Waals surface area contributed by atoms with Crippen LogP contribution in [0.4, 0.5) is 0 Å². The molecule has 3 nitrogen and oxygen atoms in total. The summed E-state index contributed by atoms with van der Waals surface area (Å²) in [5.74, 6) is 1.20. The van der Waals surface area contributed by atoms with Gasteiger partial charge < -0.3 is 13.3 Å². The van der Waals surface area contributed by atoms with Crippen LogP contribution in [0.15, 0.2) is 0 Å². The van der Waals surface area contributed by atoms with Gasteiger partial charge in [-0.25, -0.2) is 0 Å². The highest BCUT2D eigenvalue weighted by Crippen LogP contribution is 2.30. The van der Waals surface area contributed by atoms with Crippen molar-refractivity contribution in [1.82, 2.24) is 0 Å². The standard InChI is InChI=1S/C16H36O3Si/c1-10-15(8)16(9)11-20(17-12(2)3,18-13(4)5)19-14(6)7/h12-16H,10-11H2,1-9H3. The van der Waals surface area contributed by atoms with Crippen LogP contribution >= 0.6 is 0 Å². The van der Waals surface area contributed by atoms with Gasteiger partial charge in [-0.1, -0.05) is 27.2 Å². The molecule has 0 N–H and O–H groups in total. The Morgan fingerprint density at radius 2 is 1.00 bits per heavy atom. The van der Waals surface area contributed by atoms with Crippen molar-refractivity contribution < 1.29 is 13.3 Å². The first-order valence-electron chi connectivity index (χ1n) is 8.15. The zero-order chi connectivity index (χ0) is 15.9. The smallest absolute Gasteiger partial charge is 0.371 e. The van der Waals surface area contributed by atoms with Crippen molar-refractivity contribution in [1.29, 1.82) is 0 Å². The fraction of sp³-hybridized carbons (Fsp3) is 1.00. The van der Waals surface area contributed by atoms with Crippen molar-refractivity contribution in [3.05, 3.63) is 0 Å². The van der Waals surface area contributed by atoms with Crippen molar-refractivity contribution in [3.63, 3.8) is 0 Å². The number of hydrogen-bond donors (Lipinski definition) is 0. The van der Waals surface area contributed by atoms with E-state index in [1.807, 2.05) is 0 Å². The Kier molecular flexibility index (Phi) is 9.23. The summed E-state index contributed by atoms with van der Waals surface area (Å²) in [5.41, 5.74) is 0. The minimum Gasteiger partial charge on any atom is -0.371 e. The first-order valence-corrected chi connectivity index (χ1v) is 10.1. The molecule has 0 amide bonds. The molecule has 0 saturated heterocycles. The van der Waals surface area contributed by atoms with Crippen LogP contribution in [0.5, 0.6) is 0 Å². The van der Waals surface area contributed by atoms with Gasteiger partial charge in [-0.3, -0.25) is 0 Å². The van der Waals surface area contributed by atoms with Crippen LogP contribution in [-0.2, 0) is 13.3 Å². The minimum atomic E-state index is -2.63. The summed E-state index contributed by atoms with van der Waals surface area (Å²) in [7, 11) is -2.63. The molecule has 0 radical (unpaired) electrons.